The quantitative estimate of drug-likeness (QED) is 0.845. The Morgan fingerprint density at radius 1 is 1.21 bits per heavy atom. The minimum absolute atomic E-state index is 0.271. The van der Waals surface area contributed by atoms with Gasteiger partial charge in [0.15, 0.2) is 0 Å². The van der Waals surface area contributed by atoms with Crippen LogP contribution in [-0.4, -0.2) is 24.0 Å². The second-order valence-corrected chi connectivity index (χ2v) is 8.59. The average molecular weight is 329 g/mol. The molecule has 1 spiro atoms. The number of benzene rings is 1. The van der Waals surface area contributed by atoms with Crippen molar-refractivity contribution in [2.24, 2.45) is 11.3 Å². The summed E-state index contributed by atoms with van der Waals surface area (Å²) in [5.74, 6) is 0.731. The molecule has 3 rings (SSSR count). The number of amides is 1. The molecular weight excluding hydrogens is 302 g/mol. The van der Waals surface area contributed by atoms with Crippen molar-refractivity contribution in [2.75, 3.05) is 0 Å². The van der Waals surface area contributed by atoms with Crippen LogP contribution in [0.3, 0.4) is 0 Å². The number of aldehydes is 1. The molecule has 2 aliphatic rings. The number of nitrogens with one attached hydrogen (secondary N) is 1. The first-order valence-electron chi connectivity index (χ1n) is 8.81. The van der Waals surface area contributed by atoms with Gasteiger partial charge in [-0.1, -0.05) is 24.3 Å². The highest BCUT2D eigenvalue weighted by Gasteiger charge is 2.52. The molecule has 2 saturated carbocycles. The number of rotatable bonds is 4. The molecule has 0 saturated heterocycles. The van der Waals surface area contributed by atoms with Gasteiger partial charge >= 0.3 is 6.09 Å². The highest BCUT2D eigenvalue weighted by molar-refractivity contribution is 5.74. The van der Waals surface area contributed by atoms with Crippen LogP contribution in [0.1, 0.15) is 62.4 Å². The van der Waals surface area contributed by atoms with E-state index in [1.54, 1.807) is 0 Å². The van der Waals surface area contributed by atoms with E-state index >= 15 is 0 Å². The van der Waals surface area contributed by atoms with E-state index in [0.717, 1.165) is 37.0 Å². The van der Waals surface area contributed by atoms with Crippen LogP contribution < -0.4 is 5.32 Å². The van der Waals surface area contributed by atoms with E-state index in [4.69, 9.17) is 4.74 Å². The fourth-order valence-corrected chi connectivity index (χ4v) is 4.27. The Hall–Kier alpha value is -1.84. The Bertz CT molecular complexity index is 601. The van der Waals surface area contributed by atoms with Crippen molar-refractivity contribution in [2.45, 2.75) is 64.5 Å². The molecule has 0 heterocycles. The Morgan fingerprint density at radius 3 is 2.38 bits per heavy atom. The monoisotopic (exact) mass is 329 g/mol. The maximum Gasteiger partial charge on any atom is 0.407 e. The zero-order valence-corrected chi connectivity index (χ0v) is 14.8. The lowest BCUT2D eigenvalue weighted by Crippen LogP contribution is -2.56. The summed E-state index contributed by atoms with van der Waals surface area (Å²) in [6.45, 7) is 5.65. The van der Waals surface area contributed by atoms with Crippen molar-refractivity contribution in [3.05, 3.63) is 35.4 Å². The van der Waals surface area contributed by atoms with Crippen LogP contribution in [-0.2, 0) is 11.2 Å². The summed E-state index contributed by atoms with van der Waals surface area (Å²) in [6.07, 6.45) is 6.32. The molecule has 1 amide bonds. The van der Waals surface area contributed by atoms with Gasteiger partial charge < -0.3 is 10.1 Å². The first-order chi connectivity index (χ1) is 11.3. The van der Waals surface area contributed by atoms with Crippen LogP contribution in [0.4, 0.5) is 4.79 Å². The van der Waals surface area contributed by atoms with Crippen molar-refractivity contribution in [1.82, 2.24) is 5.32 Å². The largest absolute Gasteiger partial charge is 0.444 e. The van der Waals surface area contributed by atoms with Crippen LogP contribution in [0, 0.1) is 11.3 Å². The molecule has 2 aliphatic carbocycles. The van der Waals surface area contributed by atoms with Gasteiger partial charge in [0.1, 0.15) is 11.9 Å². The zero-order chi connectivity index (χ0) is 17.4. The summed E-state index contributed by atoms with van der Waals surface area (Å²) in [4.78, 5) is 22.5. The Balaban J connectivity index is 1.38. The molecule has 0 unspecified atom stereocenters. The van der Waals surface area contributed by atoms with E-state index in [1.807, 2.05) is 32.9 Å². The standard InChI is InChI=1S/C20H27NO3/c1-19(2,3)24-18(23)21-17-11-20(12-17)9-16(10-20)8-14-4-6-15(13-22)7-5-14/h4-7,13,16-17H,8-12H2,1-3H3,(H,21,23). The first-order valence-corrected chi connectivity index (χ1v) is 8.81. The van der Waals surface area contributed by atoms with Gasteiger partial charge in [-0.25, -0.2) is 4.79 Å². The molecule has 0 aromatic heterocycles. The van der Waals surface area contributed by atoms with E-state index in [1.165, 1.54) is 18.4 Å². The topological polar surface area (TPSA) is 55.4 Å². The molecule has 24 heavy (non-hydrogen) atoms. The molecule has 1 N–H and O–H groups in total. The molecule has 2 fully saturated rings. The first kappa shape index (κ1) is 17.0. The predicted octanol–water partition coefficient (Wildman–Crippen LogP) is 4.13. The fraction of sp³-hybridized carbons (Fsp3) is 0.600. The second kappa shape index (κ2) is 6.23. The lowest BCUT2D eigenvalue weighted by molar-refractivity contribution is -0.0505. The average Bonchev–Trinajstić information content (AvgIpc) is 2.41. The number of hydrogen-bond acceptors (Lipinski definition) is 3. The molecule has 0 aliphatic heterocycles. The van der Waals surface area contributed by atoms with Crippen LogP contribution in [0.5, 0.6) is 0 Å². The SMILES string of the molecule is CC(C)(C)OC(=O)NC1CC2(CC(Cc3ccc(C=O)cc3)C2)C1. The van der Waals surface area contributed by atoms with Crippen LogP contribution in [0.25, 0.3) is 0 Å². The van der Waals surface area contributed by atoms with Gasteiger partial charge in [-0.15, -0.1) is 0 Å². The van der Waals surface area contributed by atoms with Crippen molar-refractivity contribution in [3.8, 4) is 0 Å². The van der Waals surface area contributed by atoms with Crippen molar-refractivity contribution >= 4 is 12.4 Å². The maximum atomic E-state index is 11.8. The van der Waals surface area contributed by atoms with E-state index in [-0.39, 0.29) is 12.1 Å². The molecule has 4 nitrogen and oxygen atoms in total. The van der Waals surface area contributed by atoms with Gasteiger partial charge in [0.25, 0.3) is 0 Å². The van der Waals surface area contributed by atoms with Gasteiger partial charge in [-0.3, -0.25) is 4.79 Å². The predicted molar refractivity (Wildman–Crippen MR) is 93.1 cm³/mol. The molecule has 1 aromatic carbocycles. The number of hydrogen-bond donors (Lipinski definition) is 1. The van der Waals surface area contributed by atoms with Gasteiger partial charge in [-0.2, -0.15) is 0 Å². The van der Waals surface area contributed by atoms with E-state index in [2.05, 4.69) is 17.4 Å². The number of carbonyl (C=O) groups excluding carboxylic acids is 2. The highest BCUT2D eigenvalue weighted by atomic mass is 16.6. The van der Waals surface area contributed by atoms with Gasteiger partial charge in [-0.05, 0) is 69.8 Å². The number of carbonyl (C=O) groups is 2. The van der Waals surface area contributed by atoms with Crippen LogP contribution in [0.2, 0.25) is 0 Å². The normalized spacial score (nSPS) is 28.6. The lowest BCUT2D eigenvalue weighted by Gasteiger charge is -2.58. The summed E-state index contributed by atoms with van der Waals surface area (Å²) < 4.78 is 5.31. The molecule has 0 atom stereocenters. The minimum atomic E-state index is -0.438. The van der Waals surface area contributed by atoms with Crippen molar-refractivity contribution in [1.29, 1.82) is 0 Å². The molecule has 0 radical (unpaired) electrons. The zero-order valence-electron chi connectivity index (χ0n) is 14.8. The van der Waals surface area contributed by atoms with Crippen molar-refractivity contribution in [3.63, 3.8) is 0 Å². The maximum absolute atomic E-state index is 11.8. The van der Waals surface area contributed by atoms with E-state index in [9.17, 15) is 9.59 Å². The van der Waals surface area contributed by atoms with Gasteiger partial charge in [0.05, 0.1) is 0 Å². The Morgan fingerprint density at radius 2 is 1.83 bits per heavy atom. The smallest absolute Gasteiger partial charge is 0.407 e. The Kier molecular flexibility index (Phi) is 4.41. The van der Waals surface area contributed by atoms with E-state index < -0.39 is 5.60 Å². The van der Waals surface area contributed by atoms with Crippen molar-refractivity contribution < 1.29 is 14.3 Å². The van der Waals surface area contributed by atoms with Crippen LogP contribution >= 0.6 is 0 Å². The number of alkyl carbamates (subject to hydrolysis) is 1. The minimum Gasteiger partial charge on any atom is -0.444 e. The molecule has 130 valence electrons. The molecule has 0 bridgehead atoms. The Labute approximate surface area is 144 Å². The van der Waals surface area contributed by atoms with E-state index in [0.29, 0.717) is 5.41 Å². The van der Waals surface area contributed by atoms with Crippen LogP contribution in [0.15, 0.2) is 24.3 Å². The molecular formula is C20H27NO3. The van der Waals surface area contributed by atoms with Gasteiger partial charge in [0, 0.05) is 11.6 Å². The summed E-state index contributed by atoms with van der Waals surface area (Å²) in [5.41, 5.74) is 2.06. The summed E-state index contributed by atoms with van der Waals surface area (Å²) >= 11 is 0. The summed E-state index contributed by atoms with van der Waals surface area (Å²) in [7, 11) is 0. The third-order valence-electron chi connectivity index (χ3n) is 5.16. The van der Waals surface area contributed by atoms with Gasteiger partial charge in [0.2, 0.25) is 0 Å². The summed E-state index contributed by atoms with van der Waals surface area (Å²) in [6, 6.07) is 8.17. The molecule has 4 heteroatoms. The number of ether oxygens (including phenoxy) is 1. The fourth-order valence-electron chi connectivity index (χ4n) is 4.27. The summed E-state index contributed by atoms with van der Waals surface area (Å²) in [5, 5.41) is 2.98. The molecule has 1 aromatic rings. The highest BCUT2D eigenvalue weighted by Crippen LogP contribution is 2.59. The third kappa shape index (κ3) is 3.97. The second-order valence-electron chi connectivity index (χ2n) is 8.59. The third-order valence-corrected chi connectivity index (χ3v) is 5.16. The lowest BCUT2D eigenvalue weighted by atomic mass is 9.49.